The number of nitrogens with two attached hydrogens (primary N) is 1. The van der Waals surface area contributed by atoms with Crippen molar-refractivity contribution in [3.05, 3.63) is 52.9 Å². The van der Waals surface area contributed by atoms with Crippen LogP contribution in [-0.2, 0) is 17.8 Å². The van der Waals surface area contributed by atoms with Gasteiger partial charge in [-0.05, 0) is 32.4 Å². The Morgan fingerprint density at radius 1 is 1.27 bits per heavy atom. The third kappa shape index (κ3) is 4.18. The van der Waals surface area contributed by atoms with Crippen molar-refractivity contribution in [1.82, 2.24) is 10.1 Å². The van der Waals surface area contributed by atoms with Gasteiger partial charge in [0, 0.05) is 18.7 Å². The fourth-order valence-electron chi connectivity index (χ4n) is 2.40. The summed E-state index contributed by atoms with van der Waals surface area (Å²) in [6.45, 7) is 5.53. The normalized spacial score (nSPS) is 10.7. The third-order valence-corrected chi connectivity index (χ3v) is 3.71. The lowest BCUT2D eigenvalue weighted by molar-refractivity contribution is -0.131. The molecule has 22 heavy (non-hydrogen) atoms. The Kier molecular flexibility index (Phi) is 5.72. The SMILES string of the molecule is Cc1noc(C)c1CC(=O)N(CCCN)Cc1ccccc1. The first-order valence-corrected chi connectivity index (χ1v) is 7.55. The Labute approximate surface area is 131 Å². The van der Waals surface area contributed by atoms with E-state index in [-0.39, 0.29) is 5.91 Å². The van der Waals surface area contributed by atoms with E-state index in [1.54, 1.807) is 0 Å². The van der Waals surface area contributed by atoms with Gasteiger partial charge in [-0.3, -0.25) is 4.79 Å². The van der Waals surface area contributed by atoms with E-state index < -0.39 is 0 Å². The molecule has 118 valence electrons. The van der Waals surface area contributed by atoms with Gasteiger partial charge in [-0.2, -0.15) is 0 Å². The number of carbonyl (C=O) groups is 1. The van der Waals surface area contributed by atoms with Crippen molar-refractivity contribution in [1.29, 1.82) is 0 Å². The predicted molar refractivity (Wildman–Crippen MR) is 85.2 cm³/mol. The smallest absolute Gasteiger partial charge is 0.227 e. The Hall–Kier alpha value is -2.14. The van der Waals surface area contributed by atoms with Crippen LogP contribution in [0.25, 0.3) is 0 Å². The van der Waals surface area contributed by atoms with E-state index >= 15 is 0 Å². The van der Waals surface area contributed by atoms with Crippen LogP contribution in [0.5, 0.6) is 0 Å². The molecule has 0 bridgehead atoms. The molecule has 0 saturated carbocycles. The monoisotopic (exact) mass is 301 g/mol. The third-order valence-electron chi connectivity index (χ3n) is 3.71. The average molecular weight is 301 g/mol. The minimum atomic E-state index is 0.0757. The zero-order valence-corrected chi connectivity index (χ0v) is 13.2. The summed E-state index contributed by atoms with van der Waals surface area (Å²) in [5, 5.41) is 3.91. The molecule has 5 heteroatoms. The van der Waals surface area contributed by atoms with Gasteiger partial charge in [0.05, 0.1) is 12.1 Å². The molecule has 5 nitrogen and oxygen atoms in total. The summed E-state index contributed by atoms with van der Waals surface area (Å²) in [5.41, 5.74) is 8.38. The molecule has 2 rings (SSSR count). The number of hydrogen-bond acceptors (Lipinski definition) is 4. The van der Waals surface area contributed by atoms with Crippen LogP contribution in [0.15, 0.2) is 34.9 Å². The molecule has 1 aromatic carbocycles. The summed E-state index contributed by atoms with van der Waals surface area (Å²) in [4.78, 5) is 14.5. The van der Waals surface area contributed by atoms with E-state index in [9.17, 15) is 4.79 Å². The first-order valence-electron chi connectivity index (χ1n) is 7.55. The van der Waals surface area contributed by atoms with Crippen molar-refractivity contribution in [2.24, 2.45) is 5.73 Å². The van der Waals surface area contributed by atoms with Crippen LogP contribution >= 0.6 is 0 Å². The molecular weight excluding hydrogens is 278 g/mol. The number of aromatic nitrogens is 1. The van der Waals surface area contributed by atoms with Crippen molar-refractivity contribution >= 4 is 5.91 Å². The van der Waals surface area contributed by atoms with Crippen LogP contribution in [0.4, 0.5) is 0 Å². The summed E-state index contributed by atoms with van der Waals surface area (Å²) in [7, 11) is 0. The van der Waals surface area contributed by atoms with Crippen molar-refractivity contribution in [3.63, 3.8) is 0 Å². The van der Waals surface area contributed by atoms with Gasteiger partial charge in [-0.1, -0.05) is 35.5 Å². The van der Waals surface area contributed by atoms with Crippen molar-refractivity contribution in [2.45, 2.75) is 33.2 Å². The van der Waals surface area contributed by atoms with Crippen molar-refractivity contribution in [2.75, 3.05) is 13.1 Å². The van der Waals surface area contributed by atoms with Gasteiger partial charge in [0.2, 0.25) is 5.91 Å². The summed E-state index contributed by atoms with van der Waals surface area (Å²) in [5.74, 6) is 0.788. The molecule has 0 radical (unpaired) electrons. The number of rotatable bonds is 7. The highest BCUT2D eigenvalue weighted by atomic mass is 16.5. The molecule has 0 aliphatic rings. The minimum Gasteiger partial charge on any atom is -0.361 e. The molecule has 0 fully saturated rings. The van der Waals surface area contributed by atoms with Gasteiger partial charge in [-0.25, -0.2) is 0 Å². The molecule has 0 saturated heterocycles. The van der Waals surface area contributed by atoms with E-state index in [1.165, 1.54) is 0 Å². The second-order valence-electron chi connectivity index (χ2n) is 5.42. The summed E-state index contributed by atoms with van der Waals surface area (Å²) in [6, 6.07) is 9.99. The van der Waals surface area contributed by atoms with Crippen LogP contribution < -0.4 is 5.73 Å². The number of benzene rings is 1. The van der Waals surface area contributed by atoms with E-state index in [0.29, 0.717) is 31.8 Å². The van der Waals surface area contributed by atoms with Gasteiger partial charge in [0.1, 0.15) is 5.76 Å². The zero-order chi connectivity index (χ0) is 15.9. The highest BCUT2D eigenvalue weighted by molar-refractivity contribution is 5.79. The molecule has 1 heterocycles. The minimum absolute atomic E-state index is 0.0757. The van der Waals surface area contributed by atoms with Crippen molar-refractivity contribution < 1.29 is 9.32 Å². The second-order valence-corrected chi connectivity index (χ2v) is 5.42. The Morgan fingerprint density at radius 3 is 2.59 bits per heavy atom. The molecule has 2 aromatic rings. The van der Waals surface area contributed by atoms with Crippen LogP contribution in [0.3, 0.4) is 0 Å². The molecule has 0 unspecified atom stereocenters. The molecular formula is C17H23N3O2. The maximum absolute atomic E-state index is 12.6. The van der Waals surface area contributed by atoms with Gasteiger partial charge < -0.3 is 15.2 Å². The van der Waals surface area contributed by atoms with Gasteiger partial charge >= 0.3 is 0 Å². The Morgan fingerprint density at radius 2 is 2.00 bits per heavy atom. The number of nitrogens with zero attached hydrogens (tertiary/aromatic N) is 2. The lowest BCUT2D eigenvalue weighted by atomic mass is 10.1. The molecule has 0 aliphatic carbocycles. The number of hydrogen-bond donors (Lipinski definition) is 1. The van der Waals surface area contributed by atoms with E-state index in [1.807, 2.05) is 49.1 Å². The molecule has 2 N–H and O–H groups in total. The Balaban J connectivity index is 2.09. The average Bonchev–Trinajstić information content (AvgIpc) is 2.84. The van der Waals surface area contributed by atoms with Gasteiger partial charge in [0.15, 0.2) is 0 Å². The van der Waals surface area contributed by atoms with Crippen LogP contribution in [0, 0.1) is 13.8 Å². The standard InChI is InChI=1S/C17H23N3O2/c1-13-16(14(2)22-19-13)11-17(21)20(10-6-9-18)12-15-7-4-3-5-8-15/h3-5,7-8H,6,9-12,18H2,1-2H3. The number of amides is 1. The number of aryl methyl sites for hydroxylation is 2. The molecule has 0 aliphatic heterocycles. The summed E-state index contributed by atoms with van der Waals surface area (Å²) in [6.07, 6.45) is 1.11. The molecule has 0 spiro atoms. The van der Waals surface area contributed by atoms with E-state index in [0.717, 1.165) is 23.2 Å². The van der Waals surface area contributed by atoms with Crippen molar-refractivity contribution in [3.8, 4) is 0 Å². The van der Waals surface area contributed by atoms with Crippen LogP contribution in [0.1, 0.15) is 29.0 Å². The highest BCUT2D eigenvalue weighted by Crippen LogP contribution is 2.15. The summed E-state index contributed by atoms with van der Waals surface area (Å²) < 4.78 is 5.13. The molecule has 0 atom stereocenters. The largest absolute Gasteiger partial charge is 0.361 e. The van der Waals surface area contributed by atoms with Gasteiger partial charge in [-0.15, -0.1) is 0 Å². The lowest BCUT2D eigenvalue weighted by Gasteiger charge is -2.22. The Bertz CT molecular complexity index is 588. The lowest BCUT2D eigenvalue weighted by Crippen LogP contribution is -2.33. The molecule has 1 aromatic heterocycles. The summed E-state index contributed by atoms with van der Waals surface area (Å²) >= 11 is 0. The molecule has 1 amide bonds. The fraction of sp³-hybridized carbons (Fsp3) is 0.412. The topological polar surface area (TPSA) is 72.4 Å². The first-order chi connectivity index (χ1) is 10.6. The fourth-order valence-corrected chi connectivity index (χ4v) is 2.40. The van der Waals surface area contributed by atoms with E-state index in [2.05, 4.69) is 5.16 Å². The maximum atomic E-state index is 12.6. The maximum Gasteiger partial charge on any atom is 0.227 e. The highest BCUT2D eigenvalue weighted by Gasteiger charge is 2.18. The quantitative estimate of drug-likeness (QED) is 0.851. The predicted octanol–water partition coefficient (Wildman–Crippen LogP) is 2.21. The van der Waals surface area contributed by atoms with Crippen LogP contribution in [0.2, 0.25) is 0 Å². The first kappa shape index (κ1) is 16.2. The van der Waals surface area contributed by atoms with Crippen LogP contribution in [-0.4, -0.2) is 29.1 Å². The second kappa shape index (κ2) is 7.75. The van der Waals surface area contributed by atoms with E-state index in [4.69, 9.17) is 10.3 Å². The zero-order valence-electron chi connectivity index (χ0n) is 13.2. The van der Waals surface area contributed by atoms with Gasteiger partial charge in [0.25, 0.3) is 0 Å². The number of carbonyl (C=O) groups excluding carboxylic acids is 1.